The lowest BCUT2D eigenvalue weighted by Crippen LogP contribution is -2.41. The molecule has 2 N–H and O–H groups in total. The Morgan fingerprint density at radius 2 is 1.85 bits per heavy atom. The first-order valence-electron chi connectivity index (χ1n) is 7.76. The maximum Gasteiger partial charge on any atom is 0.407 e. The van der Waals surface area contributed by atoms with Gasteiger partial charge in [0.15, 0.2) is 0 Å². The van der Waals surface area contributed by atoms with E-state index in [-0.39, 0.29) is 12.1 Å². The topological polar surface area (TPSA) is 53.6 Å². The van der Waals surface area contributed by atoms with E-state index in [9.17, 15) is 4.79 Å². The van der Waals surface area contributed by atoms with Crippen molar-refractivity contribution in [3.8, 4) is 0 Å². The van der Waals surface area contributed by atoms with Crippen molar-refractivity contribution in [2.45, 2.75) is 70.2 Å². The van der Waals surface area contributed by atoms with Crippen LogP contribution in [0.5, 0.6) is 0 Å². The van der Waals surface area contributed by atoms with Crippen molar-refractivity contribution in [1.82, 2.24) is 15.5 Å². The van der Waals surface area contributed by atoms with Gasteiger partial charge in [0.1, 0.15) is 5.60 Å². The van der Waals surface area contributed by atoms with E-state index in [0.717, 1.165) is 25.8 Å². The van der Waals surface area contributed by atoms with Gasteiger partial charge in [-0.3, -0.25) is 0 Å². The standard InChI is InChI=1S/C15H29N3O2/c1-15(2,3)20-14(19)17-12-6-5-11(9-12)16-13-7-8-18(4)10-13/h11-13,16H,5-10H2,1-4H3,(H,17,19). The third-order valence-corrected chi connectivity index (χ3v) is 4.02. The lowest BCUT2D eigenvalue weighted by atomic mass is 10.2. The van der Waals surface area contributed by atoms with Crippen molar-refractivity contribution in [2.24, 2.45) is 0 Å². The van der Waals surface area contributed by atoms with Gasteiger partial charge in [-0.15, -0.1) is 0 Å². The molecule has 0 spiro atoms. The number of alkyl carbamates (subject to hydrolysis) is 1. The highest BCUT2D eigenvalue weighted by atomic mass is 16.6. The predicted octanol–water partition coefficient (Wildman–Crippen LogP) is 1.73. The van der Waals surface area contributed by atoms with Crippen LogP contribution >= 0.6 is 0 Å². The second kappa shape index (κ2) is 6.31. The van der Waals surface area contributed by atoms with Gasteiger partial charge in [0.2, 0.25) is 0 Å². The van der Waals surface area contributed by atoms with Crippen LogP contribution in [0.4, 0.5) is 4.79 Å². The minimum absolute atomic E-state index is 0.251. The summed E-state index contributed by atoms with van der Waals surface area (Å²) in [7, 11) is 2.17. The van der Waals surface area contributed by atoms with Gasteiger partial charge in [-0.2, -0.15) is 0 Å². The second-order valence-corrected chi connectivity index (χ2v) is 7.27. The van der Waals surface area contributed by atoms with Gasteiger partial charge in [0.05, 0.1) is 0 Å². The fourth-order valence-corrected chi connectivity index (χ4v) is 3.14. The van der Waals surface area contributed by atoms with Crippen LogP contribution in [0.2, 0.25) is 0 Å². The second-order valence-electron chi connectivity index (χ2n) is 7.27. The molecule has 1 saturated heterocycles. The van der Waals surface area contributed by atoms with Crippen molar-refractivity contribution in [3.63, 3.8) is 0 Å². The Labute approximate surface area is 122 Å². The zero-order valence-electron chi connectivity index (χ0n) is 13.2. The number of hydrogen-bond acceptors (Lipinski definition) is 4. The average molecular weight is 283 g/mol. The van der Waals surface area contributed by atoms with E-state index < -0.39 is 5.60 Å². The first kappa shape index (κ1) is 15.6. The van der Waals surface area contributed by atoms with Crippen molar-refractivity contribution in [2.75, 3.05) is 20.1 Å². The van der Waals surface area contributed by atoms with Gasteiger partial charge < -0.3 is 20.3 Å². The molecule has 20 heavy (non-hydrogen) atoms. The Morgan fingerprint density at radius 3 is 2.45 bits per heavy atom. The Kier molecular flexibility index (Phi) is 4.91. The number of likely N-dealkylation sites (N-methyl/N-ethyl adjacent to an activating group) is 1. The van der Waals surface area contributed by atoms with Crippen molar-refractivity contribution in [1.29, 1.82) is 0 Å². The third kappa shape index (κ3) is 4.94. The quantitative estimate of drug-likeness (QED) is 0.828. The molecule has 1 heterocycles. The minimum Gasteiger partial charge on any atom is -0.444 e. The summed E-state index contributed by atoms with van der Waals surface area (Å²) < 4.78 is 5.31. The molecule has 3 atom stereocenters. The van der Waals surface area contributed by atoms with Crippen LogP contribution in [-0.4, -0.2) is 54.9 Å². The maximum atomic E-state index is 11.7. The molecule has 0 aromatic heterocycles. The average Bonchev–Trinajstić information content (AvgIpc) is 2.86. The lowest BCUT2D eigenvalue weighted by molar-refractivity contribution is 0.0505. The number of nitrogens with zero attached hydrogens (tertiary/aromatic N) is 1. The summed E-state index contributed by atoms with van der Waals surface area (Å²) in [5.74, 6) is 0. The minimum atomic E-state index is -0.422. The summed E-state index contributed by atoms with van der Waals surface area (Å²) in [6.45, 7) is 8.00. The molecule has 0 bridgehead atoms. The lowest BCUT2D eigenvalue weighted by Gasteiger charge is -2.22. The molecular weight excluding hydrogens is 254 g/mol. The van der Waals surface area contributed by atoms with Gasteiger partial charge >= 0.3 is 6.09 Å². The summed E-state index contributed by atoms with van der Waals surface area (Å²) >= 11 is 0. The van der Waals surface area contributed by atoms with Gasteiger partial charge in [0, 0.05) is 24.7 Å². The number of ether oxygens (including phenoxy) is 1. The monoisotopic (exact) mass is 283 g/mol. The van der Waals surface area contributed by atoms with E-state index in [1.807, 2.05) is 20.8 Å². The van der Waals surface area contributed by atoms with E-state index in [2.05, 4.69) is 22.6 Å². The molecule has 5 heteroatoms. The normalized spacial score (nSPS) is 31.5. The molecule has 1 amide bonds. The van der Waals surface area contributed by atoms with Crippen LogP contribution in [0.25, 0.3) is 0 Å². The largest absolute Gasteiger partial charge is 0.444 e. The molecule has 0 aromatic carbocycles. The molecule has 1 aliphatic carbocycles. The smallest absolute Gasteiger partial charge is 0.407 e. The molecule has 3 unspecified atom stereocenters. The number of carbonyl (C=O) groups is 1. The zero-order chi connectivity index (χ0) is 14.8. The van der Waals surface area contributed by atoms with Gasteiger partial charge in [-0.25, -0.2) is 4.79 Å². The zero-order valence-corrected chi connectivity index (χ0v) is 13.2. The first-order chi connectivity index (χ1) is 9.32. The fourth-order valence-electron chi connectivity index (χ4n) is 3.14. The summed E-state index contributed by atoms with van der Waals surface area (Å²) in [4.78, 5) is 14.1. The number of hydrogen-bond donors (Lipinski definition) is 2. The third-order valence-electron chi connectivity index (χ3n) is 4.02. The van der Waals surface area contributed by atoms with Crippen LogP contribution in [0, 0.1) is 0 Å². The summed E-state index contributed by atoms with van der Waals surface area (Å²) in [6, 6.07) is 1.40. The molecule has 1 aliphatic heterocycles. The van der Waals surface area contributed by atoms with Gasteiger partial charge in [-0.05, 0) is 60.0 Å². The van der Waals surface area contributed by atoms with Crippen LogP contribution in [0.3, 0.4) is 0 Å². The van der Waals surface area contributed by atoms with Crippen LogP contribution < -0.4 is 10.6 Å². The van der Waals surface area contributed by atoms with Crippen LogP contribution in [0.15, 0.2) is 0 Å². The predicted molar refractivity (Wildman–Crippen MR) is 79.8 cm³/mol. The summed E-state index contributed by atoms with van der Waals surface area (Å²) in [5.41, 5.74) is -0.422. The maximum absolute atomic E-state index is 11.7. The first-order valence-corrected chi connectivity index (χ1v) is 7.76. The highest BCUT2D eigenvalue weighted by Gasteiger charge is 2.30. The number of carbonyl (C=O) groups excluding carboxylic acids is 1. The van der Waals surface area contributed by atoms with Crippen molar-refractivity contribution < 1.29 is 9.53 Å². The Balaban J connectivity index is 1.68. The van der Waals surface area contributed by atoms with Gasteiger partial charge in [-0.1, -0.05) is 0 Å². The molecule has 2 rings (SSSR count). The van der Waals surface area contributed by atoms with Gasteiger partial charge in [0.25, 0.3) is 0 Å². The van der Waals surface area contributed by atoms with E-state index >= 15 is 0 Å². The summed E-state index contributed by atoms with van der Waals surface area (Å²) in [5, 5.41) is 6.71. The van der Waals surface area contributed by atoms with E-state index in [1.165, 1.54) is 13.0 Å². The van der Waals surface area contributed by atoms with E-state index in [0.29, 0.717) is 12.1 Å². The van der Waals surface area contributed by atoms with Crippen LogP contribution in [0.1, 0.15) is 46.5 Å². The highest BCUT2D eigenvalue weighted by Crippen LogP contribution is 2.21. The number of likely N-dealkylation sites (tertiary alicyclic amines) is 1. The molecule has 2 aliphatic rings. The molecule has 1 saturated carbocycles. The van der Waals surface area contributed by atoms with E-state index in [4.69, 9.17) is 4.74 Å². The van der Waals surface area contributed by atoms with E-state index in [1.54, 1.807) is 0 Å². The molecular formula is C15H29N3O2. The Morgan fingerprint density at radius 1 is 1.15 bits per heavy atom. The summed E-state index contributed by atoms with van der Waals surface area (Å²) in [6.07, 6.45) is 4.14. The Bertz CT molecular complexity index is 341. The van der Waals surface area contributed by atoms with Crippen molar-refractivity contribution in [3.05, 3.63) is 0 Å². The molecule has 2 fully saturated rings. The number of rotatable bonds is 3. The number of nitrogens with one attached hydrogen (secondary N) is 2. The fraction of sp³-hybridized carbons (Fsp3) is 0.933. The number of amides is 1. The highest BCUT2D eigenvalue weighted by molar-refractivity contribution is 5.68. The van der Waals surface area contributed by atoms with Crippen LogP contribution in [-0.2, 0) is 4.74 Å². The van der Waals surface area contributed by atoms with Crippen molar-refractivity contribution >= 4 is 6.09 Å². The molecule has 5 nitrogen and oxygen atoms in total. The Hall–Kier alpha value is -0.810. The SMILES string of the molecule is CN1CCC(NC2CCC(NC(=O)OC(C)(C)C)C2)C1. The molecule has 116 valence electrons. The molecule has 0 radical (unpaired) electrons. The molecule has 0 aromatic rings.